The van der Waals surface area contributed by atoms with Crippen LogP contribution in [0.15, 0.2) is 41.8 Å². The maximum Gasteiger partial charge on any atom is 0.265 e. The minimum atomic E-state index is -0.133. The molecule has 7 heteroatoms. The first-order chi connectivity index (χ1) is 11.7. The largest absolute Gasteiger partial charge is 0.379 e. The lowest BCUT2D eigenvalue weighted by molar-refractivity contribution is 0.0126. The van der Waals surface area contributed by atoms with Crippen LogP contribution in [-0.4, -0.2) is 43.1 Å². The summed E-state index contributed by atoms with van der Waals surface area (Å²) in [6.07, 6.45) is 0. The van der Waals surface area contributed by atoms with Crippen molar-refractivity contribution in [1.82, 2.24) is 15.8 Å². The number of hydrogen-bond acceptors (Lipinski definition) is 5. The van der Waals surface area contributed by atoms with E-state index in [-0.39, 0.29) is 11.8 Å². The molecule has 2 aromatic rings. The van der Waals surface area contributed by atoms with E-state index in [2.05, 4.69) is 10.7 Å². The molecule has 1 aromatic heterocycles. The van der Waals surface area contributed by atoms with Crippen LogP contribution in [0.3, 0.4) is 0 Å². The number of nitrogens with one attached hydrogen (secondary N) is 2. The summed E-state index contributed by atoms with van der Waals surface area (Å²) in [5.74, 6) is -0.217. The molecule has 0 spiro atoms. The van der Waals surface area contributed by atoms with Crippen molar-refractivity contribution in [3.63, 3.8) is 0 Å². The van der Waals surface area contributed by atoms with Gasteiger partial charge in [-0.25, -0.2) is 5.01 Å². The van der Waals surface area contributed by atoms with Gasteiger partial charge in [-0.2, -0.15) is 0 Å². The average molecular weight is 345 g/mol. The third-order valence-electron chi connectivity index (χ3n) is 3.68. The second kappa shape index (κ2) is 8.05. The van der Waals surface area contributed by atoms with Gasteiger partial charge in [0.1, 0.15) is 0 Å². The van der Waals surface area contributed by atoms with Gasteiger partial charge in [0, 0.05) is 25.2 Å². The molecule has 0 unspecified atom stereocenters. The Labute approximate surface area is 144 Å². The molecule has 1 aliphatic heterocycles. The molecule has 126 valence electrons. The number of amides is 2. The van der Waals surface area contributed by atoms with Crippen LogP contribution in [0.25, 0.3) is 0 Å². The Balaban J connectivity index is 1.51. The van der Waals surface area contributed by atoms with Gasteiger partial charge in [-0.1, -0.05) is 18.2 Å². The van der Waals surface area contributed by atoms with Gasteiger partial charge in [0.15, 0.2) is 0 Å². The minimum absolute atomic E-state index is 0.0841. The molecule has 0 bridgehead atoms. The maximum atomic E-state index is 12.2. The lowest BCUT2D eigenvalue weighted by Gasteiger charge is -2.26. The van der Waals surface area contributed by atoms with Crippen LogP contribution in [0.5, 0.6) is 0 Å². The van der Waals surface area contributed by atoms with Crippen molar-refractivity contribution in [2.75, 3.05) is 26.3 Å². The number of ether oxygens (including phenoxy) is 1. The zero-order chi connectivity index (χ0) is 16.8. The molecule has 3 rings (SSSR count). The molecule has 1 aliphatic rings. The number of nitrogens with zero attached hydrogens (tertiary/aromatic N) is 1. The number of carbonyl (C=O) groups is 2. The van der Waals surface area contributed by atoms with Gasteiger partial charge in [0.05, 0.1) is 18.1 Å². The topological polar surface area (TPSA) is 70.7 Å². The van der Waals surface area contributed by atoms with E-state index < -0.39 is 0 Å². The van der Waals surface area contributed by atoms with Crippen LogP contribution in [-0.2, 0) is 11.3 Å². The maximum absolute atomic E-state index is 12.2. The Hall–Kier alpha value is -2.22. The van der Waals surface area contributed by atoms with Crippen molar-refractivity contribution < 1.29 is 14.3 Å². The molecule has 0 radical (unpaired) electrons. The summed E-state index contributed by atoms with van der Waals surface area (Å²) < 4.78 is 5.25. The van der Waals surface area contributed by atoms with Crippen molar-refractivity contribution in [2.24, 2.45) is 0 Å². The molecule has 1 saturated heterocycles. The van der Waals surface area contributed by atoms with E-state index in [0.29, 0.717) is 43.3 Å². The van der Waals surface area contributed by atoms with Gasteiger partial charge in [0.2, 0.25) is 0 Å². The van der Waals surface area contributed by atoms with Crippen molar-refractivity contribution in [3.8, 4) is 0 Å². The zero-order valence-electron chi connectivity index (χ0n) is 13.2. The fourth-order valence-electron chi connectivity index (χ4n) is 2.33. The number of benzene rings is 1. The number of hydrogen-bond donors (Lipinski definition) is 2. The summed E-state index contributed by atoms with van der Waals surface area (Å²) in [6.45, 7) is 3.07. The Morgan fingerprint density at radius 1 is 1.08 bits per heavy atom. The van der Waals surface area contributed by atoms with E-state index in [1.807, 2.05) is 28.6 Å². The number of thiophene rings is 1. The summed E-state index contributed by atoms with van der Waals surface area (Å²) in [6, 6.07) is 10.9. The van der Waals surface area contributed by atoms with Crippen molar-refractivity contribution in [1.29, 1.82) is 0 Å². The van der Waals surface area contributed by atoms with E-state index in [1.54, 1.807) is 18.2 Å². The fourth-order valence-corrected chi connectivity index (χ4v) is 2.97. The SMILES string of the molecule is O=C(NN1CCOCC1)c1ccc(CNC(=O)c2cccs2)cc1. The van der Waals surface area contributed by atoms with Gasteiger partial charge < -0.3 is 10.1 Å². The molecule has 2 amide bonds. The Bertz CT molecular complexity index is 680. The van der Waals surface area contributed by atoms with Crippen molar-refractivity contribution >= 4 is 23.2 Å². The zero-order valence-corrected chi connectivity index (χ0v) is 14.0. The summed E-state index contributed by atoms with van der Waals surface area (Å²) >= 11 is 1.41. The molecule has 1 fully saturated rings. The van der Waals surface area contributed by atoms with Gasteiger partial charge in [-0.15, -0.1) is 11.3 Å². The van der Waals surface area contributed by atoms with E-state index in [1.165, 1.54) is 11.3 Å². The average Bonchev–Trinajstić information content (AvgIpc) is 3.16. The molecule has 0 atom stereocenters. The van der Waals surface area contributed by atoms with Crippen LogP contribution in [0.1, 0.15) is 25.6 Å². The van der Waals surface area contributed by atoms with E-state index >= 15 is 0 Å². The van der Waals surface area contributed by atoms with Crippen molar-refractivity contribution in [2.45, 2.75) is 6.54 Å². The highest BCUT2D eigenvalue weighted by Crippen LogP contribution is 2.09. The van der Waals surface area contributed by atoms with Gasteiger partial charge in [0.25, 0.3) is 11.8 Å². The predicted octanol–water partition coefficient (Wildman–Crippen LogP) is 1.66. The van der Waals surface area contributed by atoms with Gasteiger partial charge in [-0.3, -0.25) is 15.0 Å². The summed E-state index contributed by atoms with van der Waals surface area (Å²) in [5.41, 5.74) is 4.41. The lowest BCUT2D eigenvalue weighted by atomic mass is 10.1. The molecule has 2 N–H and O–H groups in total. The summed E-state index contributed by atoms with van der Waals surface area (Å²) in [4.78, 5) is 24.8. The van der Waals surface area contributed by atoms with Crippen LogP contribution in [0.2, 0.25) is 0 Å². The molecule has 1 aromatic carbocycles. The normalized spacial score (nSPS) is 15.0. The standard InChI is InChI=1S/C17H19N3O3S/c21-16(19-20-7-9-23-10-8-20)14-5-3-13(4-6-14)12-18-17(22)15-2-1-11-24-15/h1-6,11H,7-10,12H2,(H,18,22)(H,19,21). The lowest BCUT2D eigenvalue weighted by Crippen LogP contribution is -2.48. The highest BCUT2D eigenvalue weighted by molar-refractivity contribution is 7.12. The van der Waals surface area contributed by atoms with Crippen LogP contribution >= 0.6 is 11.3 Å². The number of hydrazine groups is 1. The first kappa shape index (κ1) is 16.6. The van der Waals surface area contributed by atoms with Crippen LogP contribution < -0.4 is 10.7 Å². The highest BCUT2D eigenvalue weighted by atomic mass is 32.1. The monoisotopic (exact) mass is 345 g/mol. The smallest absolute Gasteiger partial charge is 0.265 e. The van der Waals surface area contributed by atoms with Crippen LogP contribution in [0, 0.1) is 0 Å². The summed E-state index contributed by atoms with van der Waals surface area (Å²) in [7, 11) is 0. The molecule has 6 nitrogen and oxygen atoms in total. The second-order valence-corrected chi connectivity index (χ2v) is 6.34. The number of morpholine rings is 1. The third-order valence-corrected chi connectivity index (χ3v) is 4.55. The molecular weight excluding hydrogens is 326 g/mol. The van der Waals surface area contributed by atoms with E-state index in [0.717, 1.165) is 5.56 Å². The third kappa shape index (κ3) is 4.41. The Morgan fingerprint density at radius 2 is 1.83 bits per heavy atom. The molecule has 24 heavy (non-hydrogen) atoms. The minimum Gasteiger partial charge on any atom is -0.379 e. The summed E-state index contributed by atoms with van der Waals surface area (Å²) in [5, 5.41) is 6.60. The predicted molar refractivity (Wildman–Crippen MR) is 91.8 cm³/mol. The first-order valence-electron chi connectivity index (χ1n) is 7.77. The van der Waals surface area contributed by atoms with Gasteiger partial charge in [-0.05, 0) is 29.1 Å². The molecule has 0 saturated carbocycles. The fraction of sp³-hybridized carbons (Fsp3) is 0.294. The second-order valence-electron chi connectivity index (χ2n) is 5.40. The van der Waals surface area contributed by atoms with Crippen molar-refractivity contribution in [3.05, 3.63) is 57.8 Å². The number of rotatable bonds is 5. The quantitative estimate of drug-likeness (QED) is 0.865. The highest BCUT2D eigenvalue weighted by Gasteiger charge is 2.14. The van der Waals surface area contributed by atoms with E-state index in [9.17, 15) is 9.59 Å². The van der Waals surface area contributed by atoms with Crippen LogP contribution in [0.4, 0.5) is 0 Å². The number of carbonyl (C=O) groups excluding carboxylic acids is 2. The Morgan fingerprint density at radius 3 is 2.50 bits per heavy atom. The van der Waals surface area contributed by atoms with E-state index in [4.69, 9.17) is 4.74 Å². The molecular formula is C17H19N3O3S. The first-order valence-corrected chi connectivity index (χ1v) is 8.64. The Kier molecular flexibility index (Phi) is 5.58. The molecule has 0 aliphatic carbocycles. The molecule has 2 heterocycles. The van der Waals surface area contributed by atoms with Gasteiger partial charge >= 0.3 is 0 Å².